The summed E-state index contributed by atoms with van der Waals surface area (Å²) in [6.45, 7) is 1.77. The van der Waals surface area contributed by atoms with Crippen LogP contribution in [0.2, 0.25) is 0 Å². The molecule has 5 heteroatoms. The second-order valence-electron chi connectivity index (χ2n) is 4.98. The van der Waals surface area contributed by atoms with Gasteiger partial charge in [-0.2, -0.15) is 0 Å². The number of hydrogen-bond donors (Lipinski definition) is 2. The number of nitrogens with one attached hydrogen (secondary N) is 2. The van der Waals surface area contributed by atoms with E-state index in [1.54, 1.807) is 19.1 Å². The molecule has 0 radical (unpaired) electrons. The molecular weight excluding hydrogens is 278 g/mol. The quantitative estimate of drug-likeness (QED) is 0.779. The lowest BCUT2D eigenvalue weighted by Gasteiger charge is -2.08. The number of rotatable bonds is 3. The van der Waals surface area contributed by atoms with Crippen LogP contribution in [-0.4, -0.2) is 15.5 Å². The monoisotopic (exact) mass is 293 g/mol. The first-order chi connectivity index (χ1) is 10.6. The van der Waals surface area contributed by atoms with Crippen molar-refractivity contribution in [3.63, 3.8) is 0 Å². The molecule has 0 spiro atoms. The molecule has 0 unspecified atom stereocenters. The molecule has 3 aromatic rings. The zero-order valence-corrected chi connectivity index (χ0v) is 12.0. The van der Waals surface area contributed by atoms with Gasteiger partial charge in [0.1, 0.15) is 5.56 Å². The van der Waals surface area contributed by atoms with Crippen molar-refractivity contribution in [2.75, 3.05) is 5.32 Å². The number of anilines is 1. The van der Waals surface area contributed by atoms with Gasteiger partial charge in [0.2, 0.25) is 0 Å². The van der Waals surface area contributed by atoms with Crippen molar-refractivity contribution in [1.29, 1.82) is 0 Å². The van der Waals surface area contributed by atoms with Gasteiger partial charge in [-0.05, 0) is 49.4 Å². The molecule has 0 aliphatic carbocycles. The minimum Gasteiger partial charge on any atom is -0.326 e. The largest absolute Gasteiger partial charge is 0.326 e. The van der Waals surface area contributed by atoms with Crippen LogP contribution in [-0.2, 0) is 0 Å². The fourth-order valence-electron chi connectivity index (χ4n) is 2.20. The van der Waals surface area contributed by atoms with Gasteiger partial charge < -0.3 is 14.9 Å². The predicted molar refractivity (Wildman–Crippen MR) is 85.5 cm³/mol. The van der Waals surface area contributed by atoms with E-state index in [1.165, 1.54) is 6.07 Å². The number of pyridine rings is 1. The highest BCUT2D eigenvalue weighted by Crippen LogP contribution is 2.15. The molecule has 2 N–H and O–H groups in total. The van der Waals surface area contributed by atoms with Crippen LogP contribution in [0, 0.1) is 6.92 Å². The number of amides is 1. The molecule has 0 atom stereocenters. The van der Waals surface area contributed by atoms with E-state index in [2.05, 4.69) is 10.3 Å². The van der Waals surface area contributed by atoms with Crippen molar-refractivity contribution in [3.8, 4) is 5.69 Å². The Hall–Kier alpha value is -3.08. The SMILES string of the molecule is Cc1ccc(C(=O)Nc2cccc(-n3cccc3)c2)c(=O)[nH]1. The van der Waals surface area contributed by atoms with Gasteiger partial charge in [0, 0.05) is 29.5 Å². The Balaban J connectivity index is 1.85. The normalized spacial score (nSPS) is 10.4. The van der Waals surface area contributed by atoms with Gasteiger partial charge in [-0.1, -0.05) is 6.07 Å². The first-order valence-electron chi connectivity index (χ1n) is 6.88. The molecule has 1 amide bonds. The summed E-state index contributed by atoms with van der Waals surface area (Å²) in [5, 5.41) is 2.75. The van der Waals surface area contributed by atoms with Crippen LogP contribution in [0.4, 0.5) is 5.69 Å². The lowest BCUT2D eigenvalue weighted by atomic mass is 10.2. The zero-order valence-electron chi connectivity index (χ0n) is 12.0. The maximum atomic E-state index is 12.2. The number of carbonyl (C=O) groups is 1. The van der Waals surface area contributed by atoms with E-state index in [9.17, 15) is 9.59 Å². The molecule has 3 rings (SSSR count). The maximum Gasteiger partial charge on any atom is 0.261 e. The third kappa shape index (κ3) is 2.83. The second kappa shape index (κ2) is 5.73. The van der Waals surface area contributed by atoms with Crippen LogP contribution < -0.4 is 10.9 Å². The minimum atomic E-state index is -0.425. The van der Waals surface area contributed by atoms with Crippen LogP contribution >= 0.6 is 0 Å². The highest BCUT2D eigenvalue weighted by molar-refractivity contribution is 6.04. The van der Waals surface area contributed by atoms with E-state index in [0.717, 1.165) is 11.4 Å². The number of hydrogen-bond acceptors (Lipinski definition) is 2. The van der Waals surface area contributed by atoms with Gasteiger partial charge >= 0.3 is 0 Å². The van der Waals surface area contributed by atoms with E-state index in [4.69, 9.17) is 0 Å². The van der Waals surface area contributed by atoms with E-state index in [-0.39, 0.29) is 11.1 Å². The number of H-pyrrole nitrogens is 1. The smallest absolute Gasteiger partial charge is 0.261 e. The third-order valence-electron chi connectivity index (χ3n) is 3.31. The number of aromatic amines is 1. The minimum absolute atomic E-state index is 0.0944. The summed E-state index contributed by atoms with van der Waals surface area (Å²) in [5.74, 6) is -0.425. The first-order valence-corrected chi connectivity index (χ1v) is 6.88. The standard InChI is InChI=1S/C17H15N3O2/c1-12-7-8-15(16(21)18-12)17(22)19-13-5-4-6-14(11-13)20-9-2-3-10-20/h2-11H,1H3,(H,18,21)(H,19,22). The number of carbonyl (C=O) groups excluding carboxylic acids is 1. The Bertz CT molecular complexity index is 864. The summed E-state index contributed by atoms with van der Waals surface area (Å²) in [7, 11) is 0. The molecule has 5 nitrogen and oxygen atoms in total. The van der Waals surface area contributed by atoms with Crippen LogP contribution in [0.15, 0.2) is 65.7 Å². The fourth-order valence-corrected chi connectivity index (χ4v) is 2.20. The van der Waals surface area contributed by atoms with Crippen molar-refractivity contribution in [3.05, 3.63) is 82.5 Å². The molecule has 0 fully saturated rings. The van der Waals surface area contributed by atoms with Crippen molar-refractivity contribution in [2.45, 2.75) is 6.92 Å². The zero-order chi connectivity index (χ0) is 15.5. The number of aryl methyl sites for hydroxylation is 1. The number of benzene rings is 1. The highest BCUT2D eigenvalue weighted by Gasteiger charge is 2.10. The first kappa shape index (κ1) is 13.9. The summed E-state index contributed by atoms with van der Waals surface area (Å²) in [5.41, 5.74) is 1.99. The predicted octanol–water partition coefficient (Wildman–Crippen LogP) is 2.73. The molecule has 110 valence electrons. The molecule has 0 aliphatic rings. The molecular formula is C17H15N3O2. The topological polar surface area (TPSA) is 66.9 Å². The molecule has 2 aromatic heterocycles. The van der Waals surface area contributed by atoms with E-state index >= 15 is 0 Å². The Labute approximate surface area is 127 Å². The molecule has 0 bridgehead atoms. The van der Waals surface area contributed by atoms with Crippen LogP contribution in [0.1, 0.15) is 16.1 Å². The summed E-state index contributed by atoms with van der Waals surface area (Å²) < 4.78 is 1.94. The lowest BCUT2D eigenvalue weighted by molar-refractivity contribution is 0.102. The molecule has 2 heterocycles. The van der Waals surface area contributed by atoms with E-state index in [0.29, 0.717) is 5.69 Å². The van der Waals surface area contributed by atoms with Gasteiger partial charge in [-0.15, -0.1) is 0 Å². The van der Waals surface area contributed by atoms with Gasteiger partial charge in [0.15, 0.2) is 0 Å². The Morgan fingerprint density at radius 1 is 1.09 bits per heavy atom. The molecule has 1 aromatic carbocycles. The molecule has 0 saturated carbocycles. The van der Waals surface area contributed by atoms with Gasteiger partial charge in [0.05, 0.1) is 0 Å². The lowest BCUT2D eigenvalue weighted by Crippen LogP contribution is -2.23. The van der Waals surface area contributed by atoms with Crippen molar-refractivity contribution in [2.24, 2.45) is 0 Å². The molecule has 22 heavy (non-hydrogen) atoms. The van der Waals surface area contributed by atoms with Crippen LogP contribution in [0.3, 0.4) is 0 Å². The van der Waals surface area contributed by atoms with E-state index < -0.39 is 5.91 Å². The Morgan fingerprint density at radius 3 is 2.59 bits per heavy atom. The van der Waals surface area contributed by atoms with Crippen molar-refractivity contribution >= 4 is 11.6 Å². The van der Waals surface area contributed by atoms with Crippen LogP contribution in [0.5, 0.6) is 0 Å². The molecule has 0 saturated heterocycles. The number of aromatic nitrogens is 2. The summed E-state index contributed by atoms with van der Waals surface area (Å²) in [6, 6.07) is 14.5. The van der Waals surface area contributed by atoms with Crippen LogP contribution in [0.25, 0.3) is 5.69 Å². The Morgan fingerprint density at radius 2 is 1.86 bits per heavy atom. The Kier molecular flexibility index (Phi) is 3.62. The fraction of sp³-hybridized carbons (Fsp3) is 0.0588. The van der Waals surface area contributed by atoms with E-state index in [1.807, 2.05) is 47.3 Å². The van der Waals surface area contributed by atoms with Crippen molar-refractivity contribution in [1.82, 2.24) is 9.55 Å². The second-order valence-corrected chi connectivity index (χ2v) is 4.98. The third-order valence-corrected chi connectivity index (χ3v) is 3.31. The average Bonchev–Trinajstić information content (AvgIpc) is 3.01. The average molecular weight is 293 g/mol. The van der Waals surface area contributed by atoms with Crippen molar-refractivity contribution < 1.29 is 4.79 Å². The summed E-state index contributed by atoms with van der Waals surface area (Å²) in [6.07, 6.45) is 3.84. The molecule has 0 aliphatic heterocycles. The highest BCUT2D eigenvalue weighted by atomic mass is 16.2. The summed E-state index contributed by atoms with van der Waals surface area (Å²) in [4.78, 5) is 26.6. The maximum absolute atomic E-state index is 12.2. The number of nitrogens with zero attached hydrogens (tertiary/aromatic N) is 1. The van der Waals surface area contributed by atoms with Gasteiger partial charge in [-0.3, -0.25) is 9.59 Å². The van der Waals surface area contributed by atoms with Gasteiger partial charge in [0.25, 0.3) is 11.5 Å². The summed E-state index contributed by atoms with van der Waals surface area (Å²) >= 11 is 0. The van der Waals surface area contributed by atoms with Gasteiger partial charge in [-0.25, -0.2) is 0 Å².